The van der Waals surface area contributed by atoms with E-state index in [-0.39, 0.29) is 17.4 Å². The topological polar surface area (TPSA) is 84.9 Å². The Morgan fingerprint density at radius 2 is 2.29 bits per heavy atom. The van der Waals surface area contributed by atoms with Crippen molar-refractivity contribution in [3.05, 3.63) is 23.8 Å². The first kappa shape index (κ1) is 16.2. The monoisotopic (exact) mass is 315 g/mol. The second-order valence-electron chi connectivity index (χ2n) is 5.07. The summed E-state index contributed by atoms with van der Waals surface area (Å²) in [6.45, 7) is 1.43. The van der Waals surface area contributed by atoms with E-state index in [0.29, 0.717) is 24.5 Å². The smallest absolute Gasteiger partial charge is 0.240 e. The summed E-state index contributed by atoms with van der Waals surface area (Å²) in [5.41, 5.74) is 0.446. The number of benzene rings is 1. The molecule has 0 aromatic heterocycles. The maximum Gasteiger partial charge on any atom is 0.240 e. The normalized spacial score (nSPS) is 19.4. The van der Waals surface area contributed by atoms with Crippen LogP contribution in [0.1, 0.15) is 18.4 Å². The first-order chi connectivity index (χ1) is 10.1. The summed E-state index contributed by atoms with van der Waals surface area (Å²) in [6, 6.07) is 4.44. The lowest BCUT2D eigenvalue weighted by Gasteiger charge is -2.22. The predicted molar refractivity (Wildman–Crippen MR) is 77.6 cm³/mol. The molecule has 2 N–H and O–H groups in total. The van der Waals surface area contributed by atoms with Gasteiger partial charge in [-0.25, -0.2) is 13.1 Å². The van der Waals surface area contributed by atoms with Gasteiger partial charge in [-0.3, -0.25) is 0 Å². The van der Waals surface area contributed by atoms with E-state index in [9.17, 15) is 13.5 Å². The van der Waals surface area contributed by atoms with Crippen LogP contribution in [-0.4, -0.2) is 40.4 Å². The van der Waals surface area contributed by atoms with Gasteiger partial charge in [0, 0.05) is 18.7 Å². The van der Waals surface area contributed by atoms with Crippen LogP contribution in [0.25, 0.3) is 0 Å². The Hall–Kier alpha value is -1.15. The molecule has 1 aromatic rings. The predicted octanol–water partition coefficient (Wildman–Crippen LogP) is 0.892. The average Bonchev–Trinajstić information content (AvgIpc) is 2.53. The molecule has 0 radical (unpaired) electrons. The minimum absolute atomic E-state index is 0.129. The van der Waals surface area contributed by atoms with Gasteiger partial charge in [0.15, 0.2) is 0 Å². The molecule has 118 valence electrons. The lowest BCUT2D eigenvalue weighted by atomic mass is 10.0. The number of aliphatic hydroxyl groups excluding tert-OH is 1. The highest BCUT2D eigenvalue weighted by Gasteiger charge is 2.20. The molecule has 1 fully saturated rings. The van der Waals surface area contributed by atoms with Crippen LogP contribution >= 0.6 is 0 Å². The van der Waals surface area contributed by atoms with Gasteiger partial charge in [-0.1, -0.05) is 0 Å². The number of hydrogen-bond donors (Lipinski definition) is 2. The zero-order valence-electron chi connectivity index (χ0n) is 12.0. The molecule has 7 heteroatoms. The van der Waals surface area contributed by atoms with Gasteiger partial charge in [-0.05, 0) is 37.0 Å². The molecule has 1 unspecified atom stereocenters. The van der Waals surface area contributed by atoms with Crippen molar-refractivity contribution in [3.8, 4) is 5.75 Å². The largest absolute Gasteiger partial charge is 0.496 e. The second kappa shape index (κ2) is 7.22. The molecule has 6 nitrogen and oxygen atoms in total. The van der Waals surface area contributed by atoms with Gasteiger partial charge < -0.3 is 14.6 Å². The van der Waals surface area contributed by atoms with Crippen LogP contribution in [0.3, 0.4) is 0 Å². The fourth-order valence-electron chi connectivity index (χ4n) is 2.32. The molecular formula is C14H21NO5S. The van der Waals surface area contributed by atoms with Gasteiger partial charge in [0.1, 0.15) is 5.75 Å². The third kappa shape index (κ3) is 4.16. The van der Waals surface area contributed by atoms with Crippen LogP contribution in [0.15, 0.2) is 23.1 Å². The zero-order valence-corrected chi connectivity index (χ0v) is 12.9. The van der Waals surface area contributed by atoms with Crippen LogP contribution in [0.4, 0.5) is 0 Å². The first-order valence-electron chi connectivity index (χ1n) is 6.92. The standard InChI is InChI=1S/C14H21NO5S/c1-19-14-5-4-13(7-12(14)9-16)21(17,18)15-8-11-3-2-6-20-10-11/h4-5,7,11,15-16H,2-3,6,8-10H2,1H3. The lowest BCUT2D eigenvalue weighted by molar-refractivity contribution is 0.0568. The molecule has 0 spiro atoms. The summed E-state index contributed by atoms with van der Waals surface area (Å²) in [5.74, 6) is 0.682. The molecule has 2 rings (SSSR count). The van der Waals surface area contributed by atoms with E-state index in [1.54, 1.807) is 6.07 Å². The second-order valence-corrected chi connectivity index (χ2v) is 6.83. The lowest BCUT2D eigenvalue weighted by Crippen LogP contribution is -2.33. The van der Waals surface area contributed by atoms with Gasteiger partial charge in [0.2, 0.25) is 10.0 Å². The summed E-state index contributed by atoms with van der Waals surface area (Å²) in [7, 11) is -2.11. The van der Waals surface area contributed by atoms with Gasteiger partial charge in [0.05, 0.1) is 25.2 Å². The maximum absolute atomic E-state index is 12.3. The molecular weight excluding hydrogens is 294 g/mol. The van der Waals surface area contributed by atoms with Gasteiger partial charge in [-0.2, -0.15) is 0 Å². The third-order valence-electron chi connectivity index (χ3n) is 3.55. The Bertz CT molecular complexity index is 567. The molecule has 1 atom stereocenters. The van der Waals surface area contributed by atoms with Gasteiger partial charge in [0.25, 0.3) is 0 Å². The number of hydrogen-bond acceptors (Lipinski definition) is 5. The van der Waals surface area contributed by atoms with Crippen LogP contribution < -0.4 is 9.46 Å². The van der Waals surface area contributed by atoms with Gasteiger partial charge in [-0.15, -0.1) is 0 Å². The van der Waals surface area contributed by atoms with E-state index < -0.39 is 10.0 Å². The fraction of sp³-hybridized carbons (Fsp3) is 0.571. The summed E-state index contributed by atoms with van der Waals surface area (Å²) < 4.78 is 37.5. The number of ether oxygens (including phenoxy) is 2. The first-order valence-corrected chi connectivity index (χ1v) is 8.40. The highest BCUT2D eigenvalue weighted by Crippen LogP contribution is 2.22. The van der Waals surface area contributed by atoms with E-state index in [1.165, 1.54) is 19.2 Å². The van der Waals surface area contributed by atoms with Crippen molar-refractivity contribution in [2.75, 3.05) is 26.9 Å². The van der Waals surface area contributed by atoms with E-state index in [1.807, 2.05) is 0 Å². The Kier molecular flexibility index (Phi) is 5.58. The van der Waals surface area contributed by atoms with Crippen molar-refractivity contribution < 1.29 is 23.0 Å². The molecule has 1 aliphatic heterocycles. The summed E-state index contributed by atoms with van der Waals surface area (Å²) in [6.07, 6.45) is 1.93. The van der Waals surface area contributed by atoms with Crippen LogP contribution in [0.5, 0.6) is 5.75 Å². The fourth-order valence-corrected chi connectivity index (χ4v) is 3.49. The molecule has 1 aliphatic rings. The zero-order chi connectivity index (χ0) is 15.3. The summed E-state index contributed by atoms with van der Waals surface area (Å²) in [5, 5.41) is 9.26. The minimum Gasteiger partial charge on any atom is -0.496 e. The molecule has 1 aromatic carbocycles. The molecule has 0 bridgehead atoms. The Morgan fingerprint density at radius 1 is 1.48 bits per heavy atom. The summed E-state index contributed by atoms with van der Waals surface area (Å²) in [4.78, 5) is 0.129. The Morgan fingerprint density at radius 3 is 2.90 bits per heavy atom. The maximum atomic E-state index is 12.3. The quantitative estimate of drug-likeness (QED) is 0.814. The number of rotatable bonds is 6. The van der Waals surface area contributed by atoms with Crippen LogP contribution in [-0.2, 0) is 21.4 Å². The highest BCUT2D eigenvalue weighted by atomic mass is 32.2. The number of nitrogens with one attached hydrogen (secondary N) is 1. The molecule has 0 amide bonds. The molecule has 0 saturated carbocycles. The van der Waals surface area contributed by atoms with E-state index >= 15 is 0 Å². The molecule has 0 aliphatic carbocycles. The van der Waals surface area contributed by atoms with Crippen LogP contribution in [0, 0.1) is 5.92 Å². The Balaban J connectivity index is 2.07. The average molecular weight is 315 g/mol. The Labute approximate surface area is 125 Å². The van der Waals surface area contributed by atoms with Crippen molar-refractivity contribution in [2.45, 2.75) is 24.3 Å². The highest BCUT2D eigenvalue weighted by molar-refractivity contribution is 7.89. The van der Waals surface area contributed by atoms with Crippen molar-refractivity contribution in [1.29, 1.82) is 0 Å². The van der Waals surface area contributed by atoms with Gasteiger partial charge >= 0.3 is 0 Å². The van der Waals surface area contributed by atoms with Crippen LogP contribution in [0.2, 0.25) is 0 Å². The minimum atomic E-state index is -3.59. The molecule has 1 heterocycles. The van der Waals surface area contributed by atoms with Crippen molar-refractivity contribution >= 4 is 10.0 Å². The van der Waals surface area contributed by atoms with E-state index in [2.05, 4.69) is 4.72 Å². The number of aliphatic hydroxyl groups is 1. The molecule has 1 saturated heterocycles. The summed E-state index contributed by atoms with van der Waals surface area (Å²) >= 11 is 0. The number of sulfonamides is 1. The SMILES string of the molecule is COc1ccc(S(=O)(=O)NCC2CCCOC2)cc1CO. The van der Waals surface area contributed by atoms with E-state index in [4.69, 9.17) is 9.47 Å². The van der Waals surface area contributed by atoms with Crippen molar-refractivity contribution in [2.24, 2.45) is 5.92 Å². The third-order valence-corrected chi connectivity index (χ3v) is 4.97. The molecule has 21 heavy (non-hydrogen) atoms. The van der Waals surface area contributed by atoms with Crippen molar-refractivity contribution in [1.82, 2.24) is 4.72 Å². The number of methoxy groups -OCH3 is 1. The van der Waals surface area contributed by atoms with Crippen molar-refractivity contribution in [3.63, 3.8) is 0 Å². The van der Waals surface area contributed by atoms with E-state index in [0.717, 1.165) is 19.4 Å².